The summed E-state index contributed by atoms with van der Waals surface area (Å²) in [5.74, 6) is 0. The van der Waals surface area contributed by atoms with Crippen molar-refractivity contribution in [1.29, 1.82) is 0 Å². The number of aryl methyl sites for hydroxylation is 1. The maximum Gasteiger partial charge on any atom is 0.293 e. The van der Waals surface area contributed by atoms with E-state index in [0.29, 0.717) is 17.3 Å². The van der Waals surface area contributed by atoms with Crippen molar-refractivity contribution in [2.45, 2.75) is 13.5 Å². The minimum Gasteiger partial charge on any atom is -0.309 e. The maximum atomic E-state index is 11.9. The summed E-state index contributed by atoms with van der Waals surface area (Å²) < 4.78 is 1.35. The fraction of sp³-hybridized carbons (Fsp3) is 0.182. The molecule has 0 radical (unpaired) electrons. The molecule has 16 heavy (non-hydrogen) atoms. The van der Waals surface area contributed by atoms with Crippen LogP contribution in [0.15, 0.2) is 35.3 Å². The van der Waals surface area contributed by atoms with Crippen LogP contribution in [0.2, 0.25) is 0 Å². The van der Waals surface area contributed by atoms with E-state index >= 15 is 0 Å². The molecule has 2 aromatic rings. The van der Waals surface area contributed by atoms with Crippen LogP contribution in [0.3, 0.4) is 0 Å². The molecule has 0 aliphatic rings. The number of benzene rings is 1. The number of nitrogens with zero attached hydrogens (tertiary/aromatic N) is 2. The highest BCUT2D eigenvalue weighted by molar-refractivity contribution is 5.89. The molecule has 1 aromatic heterocycles. The van der Waals surface area contributed by atoms with Gasteiger partial charge in [0, 0.05) is 6.54 Å². The Labute approximate surface area is 91.1 Å². The molecule has 0 atom stereocenters. The van der Waals surface area contributed by atoms with Crippen molar-refractivity contribution < 1.29 is 4.92 Å². The molecule has 0 amide bonds. The van der Waals surface area contributed by atoms with Gasteiger partial charge in [0.05, 0.1) is 21.9 Å². The molecule has 5 heteroatoms. The van der Waals surface area contributed by atoms with Gasteiger partial charge < -0.3 is 4.57 Å². The Balaban J connectivity index is 2.96. The van der Waals surface area contributed by atoms with E-state index in [-0.39, 0.29) is 11.2 Å². The second-order valence-electron chi connectivity index (χ2n) is 3.41. The molecule has 0 spiro atoms. The topological polar surface area (TPSA) is 65.1 Å². The van der Waals surface area contributed by atoms with Crippen molar-refractivity contribution in [3.8, 4) is 0 Å². The SMILES string of the molecule is CCn1cc([N+](=O)[O-])c2ccccc2c1=O. The van der Waals surface area contributed by atoms with Crippen LogP contribution in [0.4, 0.5) is 5.69 Å². The highest BCUT2D eigenvalue weighted by atomic mass is 16.6. The highest BCUT2D eigenvalue weighted by Gasteiger charge is 2.15. The average Bonchev–Trinajstić information content (AvgIpc) is 2.29. The monoisotopic (exact) mass is 218 g/mol. The molecule has 0 aliphatic heterocycles. The quantitative estimate of drug-likeness (QED) is 0.571. The summed E-state index contributed by atoms with van der Waals surface area (Å²) in [6.45, 7) is 2.20. The lowest BCUT2D eigenvalue weighted by Gasteiger charge is -2.04. The largest absolute Gasteiger partial charge is 0.309 e. The van der Waals surface area contributed by atoms with Crippen molar-refractivity contribution in [3.05, 3.63) is 50.9 Å². The molecule has 1 aromatic carbocycles. The van der Waals surface area contributed by atoms with E-state index in [1.54, 1.807) is 31.2 Å². The molecular formula is C11H10N2O3. The predicted octanol–water partition coefficient (Wildman–Crippen LogP) is 1.93. The Bertz CT molecular complexity index is 616. The van der Waals surface area contributed by atoms with Gasteiger partial charge in [-0.05, 0) is 19.1 Å². The van der Waals surface area contributed by atoms with Crippen LogP contribution in [0.5, 0.6) is 0 Å². The molecule has 0 aliphatic carbocycles. The fourth-order valence-electron chi connectivity index (χ4n) is 1.70. The van der Waals surface area contributed by atoms with E-state index in [0.717, 1.165) is 0 Å². The Morgan fingerprint density at radius 3 is 2.50 bits per heavy atom. The van der Waals surface area contributed by atoms with Crippen molar-refractivity contribution in [1.82, 2.24) is 4.57 Å². The molecule has 82 valence electrons. The molecule has 0 fully saturated rings. The molecule has 0 saturated heterocycles. The van der Waals surface area contributed by atoms with Crippen LogP contribution < -0.4 is 5.56 Å². The van der Waals surface area contributed by atoms with Crippen LogP contribution in [0, 0.1) is 10.1 Å². The lowest BCUT2D eigenvalue weighted by molar-refractivity contribution is -0.383. The van der Waals surface area contributed by atoms with Crippen molar-refractivity contribution in [3.63, 3.8) is 0 Å². The van der Waals surface area contributed by atoms with E-state index in [4.69, 9.17) is 0 Å². The predicted molar refractivity (Wildman–Crippen MR) is 60.5 cm³/mol. The second-order valence-corrected chi connectivity index (χ2v) is 3.41. The first-order chi connectivity index (χ1) is 7.65. The summed E-state index contributed by atoms with van der Waals surface area (Å²) in [6.07, 6.45) is 1.30. The minimum atomic E-state index is -0.464. The van der Waals surface area contributed by atoms with Gasteiger partial charge in [0.2, 0.25) is 0 Å². The summed E-state index contributed by atoms with van der Waals surface area (Å²) in [5.41, 5.74) is -0.222. The van der Waals surface area contributed by atoms with Crippen molar-refractivity contribution in [2.75, 3.05) is 0 Å². The number of fused-ring (bicyclic) bond motifs is 1. The lowest BCUT2D eigenvalue weighted by Crippen LogP contribution is -2.19. The number of hydrogen-bond acceptors (Lipinski definition) is 3. The first-order valence-electron chi connectivity index (χ1n) is 4.91. The van der Waals surface area contributed by atoms with E-state index in [1.807, 2.05) is 0 Å². The number of pyridine rings is 1. The summed E-state index contributed by atoms with van der Waals surface area (Å²) in [6, 6.07) is 6.59. The van der Waals surface area contributed by atoms with Gasteiger partial charge in [-0.25, -0.2) is 0 Å². The summed E-state index contributed by atoms with van der Waals surface area (Å²) in [7, 11) is 0. The molecule has 0 unspecified atom stereocenters. The first kappa shape index (κ1) is 10.4. The Hall–Kier alpha value is -2.17. The van der Waals surface area contributed by atoms with Gasteiger partial charge in [-0.3, -0.25) is 14.9 Å². The van der Waals surface area contributed by atoms with Gasteiger partial charge in [0.25, 0.3) is 11.2 Å². The van der Waals surface area contributed by atoms with E-state index in [9.17, 15) is 14.9 Å². The number of nitro groups is 1. The summed E-state index contributed by atoms with van der Waals surface area (Å²) in [4.78, 5) is 22.3. The third-order valence-corrected chi connectivity index (χ3v) is 2.51. The van der Waals surface area contributed by atoms with Gasteiger partial charge in [0.15, 0.2) is 0 Å². The van der Waals surface area contributed by atoms with E-state index in [1.165, 1.54) is 10.8 Å². The highest BCUT2D eigenvalue weighted by Crippen LogP contribution is 2.21. The zero-order valence-corrected chi connectivity index (χ0v) is 8.71. The molecule has 0 N–H and O–H groups in total. The maximum absolute atomic E-state index is 11.9. The van der Waals surface area contributed by atoms with Crippen LogP contribution >= 0.6 is 0 Å². The number of rotatable bonds is 2. The molecule has 2 rings (SSSR count). The van der Waals surface area contributed by atoms with Crippen LogP contribution in [0.25, 0.3) is 10.8 Å². The van der Waals surface area contributed by atoms with E-state index < -0.39 is 4.92 Å². The Morgan fingerprint density at radius 1 is 1.31 bits per heavy atom. The number of hydrogen-bond donors (Lipinski definition) is 0. The third kappa shape index (κ3) is 1.46. The minimum absolute atomic E-state index is 0.0305. The van der Waals surface area contributed by atoms with Crippen LogP contribution in [-0.2, 0) is 6.54 Å². The fourth-order valence-corrected chi connectivity index (χ4v) is 1.70. The van der Waals surface area contributed by atoms with Gasteiger partial charge >= 0.3 is 0 Å². The molecule has 0 saturated carbocycles. The van der Waals surface area contributed by atoms with Gasteiger partial charge in [-0.15, -0.1) is 0 Å². The van der Waals surface area contributed by atoms with Crippen LogP contribution in [0.1, 0.15) is 6.92 Å². The molecule has 0 bridgehead atoms. The molecular weight excluding hydrogens is 208 g/mol. The molecule has 1 heterocycles. The molecule has 5 nitrogen and oxygen atoms in total. The summed E-state index contributed by atoms with van der Waals surface area (Å²) >= 11 is 0. The average molecular weight is 218 g/mol. The van der Waals surface area contributed by atoms with Gasteiger partial charge in [-0.1, -0.05) is 12.1 Å². The first-order valence-corrected chi connectivity index (χ1v) is 4.91. The number of aromatic nitrogens is 1. The summed E-state index contributed by atoms with van der Waals surface area (Å²) in [5, 5.41) is 11.7. The smallest absolute Gasteiger partial charge is 0.293 e. The standard InChI is InChI=1S/C11H10N2O3/c1-2-12-7-10(13(15)16)8-5-3-4-6-9(8)11(12)14/h3-7H,2H2,1H3. The third-order valence-electron chi connectivity index (χ3n) is 2.51. The zero-order valence-electron chi connectivity index (χ0n) is 8.71. The van der Waals surface area contributed by atoms with E-state index in [2.05, 4.69) is 0 Å². The second kappa shape index (κ2) is 3.77. The lowest BCUT2D eigenvalue weighted by atomic mass is 10.1. The van der Waals surface area contributed by atoms with Crippen molar-refractivity contribution >= 4 is 16.5 Å². The van der Waals surface area contributed by atoms with Crippen LogP contribution in [-0.4, -0.2) is 9.49 Å². The Kier molecular flexibility index (Phi) is 2.44. The van der Waals surface area contributed by atoms with Crippen molar-refractivity contribution in [2.24, 2.45) is 0 Å². The Morgan fingerprint density at radius 2 is 1.94 bits per heavy atom. The normalized spacial score (nSPS) is 10.6. The van der Waals surface area contributed by atoms with Gasteiger partial charge in [0.1, 0.15) is 0 Å². The van der Waals surface area contributed by atoms with Gasteiger partial charge in [-0.2, -0.15) is 0 Å². The zero-order chi connectivity index (χ0) is 11.7.